The van der Waals surface area contributed by atoms with E-state index >= 15 is 0 Å². The molecule has 1 amide bonds. The zero-order valence-electron chi connectivity index (χ0n) is 24.8. The average molecular weight is 626 g/mol. The number of nitrogens with two attached hydrogens (primary N) is 1. The van der Waals surface area contributed by atoms with Crippen molar-refractivity contribution in [2.45, 2.75) is 50.6 Å². The summed E-state index contributed by atoms with van der Waals surface area (Å²) in [4.78, 5) is 24.7. The number of aliphatic hydroxyl groups is 1. The molecule has 10 nitrogen and oxygen atoms in total. The van der Waals surface area contributed by atoms with Crippen LogP contribution in [0, 0.1) is 5.41 Å². The summed E-state index contributed by atoms with van der Waals surface area (Å²) >= 11 is 6.51. The van der Waals surface area contributed by atoms with Crippen molar-refractivity contribution >= 4 is 47.0 Å². The molecule has 1 aliphatic heterocycles. The van der Waals surface area contributed by atoms with E-state index in [2.05, 4.69) is 15.2 Å². The van der Waals surface area contributed by atoms with Gasteiger partial charge in [-0.05, 0) is 45.9 Å². The van der Waals surface area contributed by atoms with Gasteiger partial charge in [-0.1, -0.05) is 62.7 Å². The van der Waals surface area contributed by atoms with Crippen LogP contribution in [-0.2, 0) is 15.6 Å². The molecular formula is C29H28B3ClF2N8O2. The van der Waals surface area contributed by atoms with Crippen LogP contribution in [0.25, 0.3) is 22.5 Å². The maximum absolute atomic E-state index is 14.5. The van der Waals surface area contributed by atoms with Crippen molar-refractivity contribution in [1.82, 2.24) is 29.4 Å². The van der Waals surface area contributed by atoms with E-state index in [1.165, 1.54) is 23.6 Å². The smallest absolute Gasteiger partial charge is 0.333 e. The predicted octanol–water partition coefficient (Wildman–Crippen LogP) is 3.45. The quantitative estimate of drug-likeness (QED) is 0.274. The van der Waals surface area contributed by atoms with Crippen molar-refractivity contribution in [2.24, 2.45) is 16.1 Å². The van der Waals surface area contributed by atoms with Crippen molar-refractivity contribution in [2.75, 3.05) is 6.61 Å². The van der Waals surface area contributed by atoms with E-state index in [1.54, 1.807) is 42.5 Å². The number of aliphatic hydroxyl groups excluding tert-OH is 1. The summed E-state index contributed by atoms with van der Waals surface area (Å²) in [5.41, 5.74) is 7.12. The first-order valence-electron chi connectivity index (χ1n) is 13.9. The molecule has 6 radical (unpaired) electrons. The summed E-state index contributed by atoms with van der Waals surface area (Å²) in [5, 5.41) is 16.7. The van der Waals surface area contributed by atoms with Gasteiger partial charge in [0.25, 0.3) is 5.91 Å². The van der Waals surface area contributed by atoms with Crippen LogP contribution in [0.15, 0.2) is 66.2 Å². The molecule has 3 N–H and O–H groups in total. The number of aliphatic imine (C=N–C) groups is 1. The summed E-state index contributed by atoms with van der Waals surface area (Å²) in [5.74, 6) is -0.367. The number of carbonyl (C=O) groups excluding carboxylic acids is 1. The fourth-order valence-electron chi connectivity index (χ4n) is 5.57. The van der Waals surface area contributed by atoms with Crippen molar-refractivity contribution in [3.8, 4) is 22.5 Å². The molecule has 4 aromatic rings. The van der Waals surface area contributed by atoms with E-state index in [0.29, 0.717) is 32.5 Å². The number of guanidine groups is 1. The van der Waals surface area contributed by atoms with Gasteiger partial charge in [-0.25, -0.2) is 14.7 Å². The Hall–Kier alpha value is -3.97. The first kappa shape index (κ1) is 32.4. The lowest BCUT2D eigenvalue weighted by molar-refractivity contribution is -0.135. The van der Waals surface area contributed by atoms with Crippen LogP contribution in [-0.4, -0.2) is 76.6 Å². The number of benzene rings is 2. The molecule has 16 heteroatoms. The van der Waals surface area contributed by atoms with E-state index in [9.17, 15) is 18.7 Å². The third kappa shape index (κ3) is 6.15. The van der Waals surface area contributed by atoms with Gasteiger partial charge in [0.2, 0.25) is 0 Å². The summed E-state index contributed by atoms with van der Waals surface area (Å²) in [6.45, 7) is 2.64. The summed E-state index contributed by atoms with van der Waals surface area (Å²) < 4.78 is 27.8. The Balaban J connectivity index is 1.54. The monoisotopic (exact) mass is 626 g/mol. The molecule has 0 saturated carbocycles. The highest BCUT2D eigenvalue weighted by Crippen LogP contribution is 2.45. The zero-order valence-corrected chi connectivity index (χ0v) is 25.5. The largest absolute Gasteiger partial charge is 0.394 e. The fraction of sp³-hybridized carbons (Fsp3) is 0.345. The van der Waals surface area contributed by atoms with E-state index in [1.807, 2.05) is 20.8 Å². The van der Waals surface area contributed by atoms with Gasteiger partial charge in [-0.15, -0.1) is 0 Å². The molecule has 1 aliphatic rings. The maximum Gasteiger partial charge on any atom is 0.333 e. The fourth-order valence-corrected chi connectivity index (χ4v) is 5.78. The number of hydrogen-bond donors (Lipinski definition) is 2. The number of amides is 1. The molecule has 0 spiro atoms. The number of aromatic nitrogens is 5. The van der Waals surface area contributed by atoms with Crippen molar-refractivity contribution in [3.63, 3.8) is 0 Å². The Morgan fingerprint density at radius 2 is 1.76 bits per heavy atom. The number of halogens is 3. The molecule has 2 atom stereocenters. The lowest BCUT2D eigenvalue weighted by Crippen LogP contribution is -2.47. The number of hydrogen-bond acceptors (Lipinski definition) is 7. The summed E-state index contributed by atoms with van der Waals surface area (Å²) in [6.07, 6.45) is 4.08. The molecular weight excluding hydrogens is 598 g/mol. The second kappa shape index (κ2) is 11.8. The average Bonchev–Trinajstić information content (AvgIpc) is 3.70. The highest BCUT2D eigenvalue weighted by Gasteiger charge is 2.53. The zero-order chi connectivity index (χ0) is 32.9. The number of carbonyl (C=O) groups is 1. The molecule has 0 unspecified atom stereocenters. The van der Waals surface area contributed by atoms with Crippen LogP contribution in [0.2, 0.25) is 5.02 Å². The SMILES string of the molecule is [B]C([B])([B])n1ncnc1-c1cc([C@@H](CO)N2C(=O)[C@@](CC(C)(C)C)(c3ccc(-c4cnn(C(F)F)c4)cc3)N=C2N)ccc1Cl. The van der Waals surface area contributed by atoms with Gasteiger partial charge >= 0.3 is 6.55 Å². The molecule has 5 rings (SSSR count). The second-order valence-electron chi connectivity index (χ2n) is 12.1. The highest BCUT2D eigenvalue weighted by molar-refractivity contribution is 6.56. The molecule has 2 aromatic carbocycles. The molecule has 0 saturated heterocycles. The van der Waals surface area contributed by atoms with Crippen LogP contribution in [0.3, 0.4) is 0 Å². The Kier molecular flexibility index (Phi) is 8.47. The minimum atomic E-state index is -2.77. The minimum Gasteiger partial charge on any atom is -0.394 e. The lowest BCUT2D eigenvalue weighted by Gasteiger charge is -2.34. The number of rotatable bonds is 9. The molecule has 45 heavy (non-hydrogen) atoms. The Morgan fingerprint density at radius 3 is 2.33 bits per heavy atom. The first-order chi connectivity index (χ1) is 21.1. The lowest BCUT2D eigenvalue weighted by atomic mass is 9.49. The Labute approximate surface area is 267 Å². The van der Waals surface area contributed by atoms with Gasteiger partial charge in [0, 0.05) is 17.3 Å². The van der Waals surface area contributed by atoms with E-state index in [-0.39, 0.29) is 23.2 Å². The van der Waals surface area contributed by atoms with E-state index < -0.39 is 41.3 Å². The number of alkyl halides is 2. The van der Waals surface area contributed by atoms with Gasteiger partial charge in [0.15, 0.2) is 17.3 Å². The Morgan fingerprint density at radius 1 is 1.07 bits per heavy atom. The molecule has 0 bridgehead atoms. The molecule has 2 aromatic heterocycles. The normalized spacial score (nSPS) is 18.1. The summed E-state index contributed by atoms with van der Waals surface area (Å²) in [6, 6.07) is 10.7. The minimum absolute atomic E-state index is 0.0878. The van der Waals surface area contributed by atoms with Crippen molar-refractivity contribution < 1.29 is 18.7 Å². The standard InChI is InChI=1S/C29H28B3ClF2N8O2/c1-27(2,3)14-28(19-7-4-16(5-8-19)18-11-38-41(12-18)25(34)35)24(45)42(26(36)40-28)22(13-44)17-6-9-21(33)20(10-17)23-37-15-39-43(23)29(30,31)32/h4-12,15,22,25,44H,13-14H2,1-3H3,(H2,36,40)/t22-,28-/m1/s1. The van der Waals surface area contributed by atoms with Gasteiger partial charge in [0.05, 0.1) is 47.4 Å². The summed E-state index contributed by atoms with van der Waals surface area (Å²) in [7, 11) is 17.6. The van der Waals surface area contributed by atoms with Gasteiger partial charge < -0.3 is 10.8 Å². The third-order valence-electron chi connectivity index (χ3n) is 7.42. The topological polar surface area (TPSA) is 127 Å². The van der Waals surface area contributed by atoms with E-state index in [0.717, 1.165) is 4.68 Å². The van der Waals surface area contributed by atoms with E-state index in [4.69, 9.17) is 45.9 Å². The Bertz CT molecular complexity index is 1750. The highest BCUT2D eigenvalue weighted by atomic mass is 35.5. The van der Waals surface area contributed by atoms with Gasteiger partial charge in [-0.3, -0.25) is 14.4 Å². The second-order valence-corrected chi connectivity index (χ2v) is 12.5. The van der Waals surface area contributed by atoms with Crippen LogP contribution in [0.1, 0.15) is 50.9 Å². The van der Waals surface area contributed by atoms with Crippen LogP contribution < -0.4 is 5.73 Å². The van der Waals surface area contributed by atoms with Crippen LogP contribution in [0.4, 0.5) is 8.78 Å². The molecule has 0 aliphatic carbocycles. The molecule has 226 valence electrons. The van der Waals surface area contributed by atoms with Crippen molar-refractivity contribution in [3.05, 3.63) is 77.3 Å². The predicted molar refractivity (Wildman–Crippen MR) is 169 cm³/mol. The van der Waals surface area contributed by atoms with Gasteiger partial charge in [0.1, 0.15) is 6.33 Å². The molecule has 3 heterocycles. The van der Waals surface area contributed by atoms with Crippen molar-refractivity contribution in [1.29, 1.82) is 0 Å². The van der Waals surface area contributed by atoms with Gasteiger partial charge in [-0.2, -0.15) is 19.0 Å². The maximum atomic E-state index is 14.5. The first-order valence-corrected chi connectivity index (χ1v) is 14.2. The third-order valence-corrected chi connectivity index (χ3v) is 7.75. The van der Waals surface area contributed by atoms with Crippen LogP contribution in [0.5, 0.6) is 0 Å². The van der Waals surface area contributed by atoms with Crippen LogP contribution >= 0.6 is 11.6 Å². The number of nitrogens with zero attached hydrogens (tertiary/aromatic N) is 7. The molecule has 0 fully saturated rings.